The summed E-state index contributed by atoms with van der Waals surface area (Å²) < 4.78 is 0.925. The number of hydrogen-bond acceptors (Lipinski definition) is 4. The van der Waals surface area contributed by atoms with Gasteiger partial charge in [-0.1, -0.05) is 0 Å². The summed E-state index contributed by atoms with van der Waals surface area (Å²) in [5.74, 6) is 0.702. The van der Waals surface area contributed by atoms with Gasteiger partial charge in [-0.2, -0.15) is 0 Å². The molecule has 0 aliphatic carbocycles. The molecule has 0 saturated heterocycles. The predicted octanol–water partition coefficient (Wildman–Crippen LogP) is 2.89. The molecule has 94 valence electrons. The largest absolute Gasteiger partial charge is 0.313 e. The van der Waals surface area contributed by atoms with Crippen LogP contribution in [0.2, 0.25) is 0 Å². The monoisotopic (exact) mass is 306 g/mol. The quantitative estimate of drug-likeness (QED) is 0.947. The zero-order valence-electron chi connectivity index (χ0n) is 10.6. The van der Waals surface area contributed by atoms with Gasteiger partial charge in [-0.3, -0.25) is 4.98 Å². The van der Waals surface area contributed by atoms with Crippen LogP contribution < -0.4 is 5.32 Å². The Balaban J connectivity index is 2.40. The van der Waals surface area contributed by atoms with Crippen molar-refractivity contribution in [1.29, 1.82) is 0 Å². The number of nitrogens with zero attached hydrogens (tertiary/aromatic N) is 3. The third kappa shape index (κ3) is 2.73. The molecule has 0 fully saturated rings. The molecule has 0 aromatic carbocycles. The molecular formula is C13H15BrN4. The van der Waals surface area contributed by atoms with E-state index < -0.39 is 0 Å². The van der Waals surface area contributed by atoms with E-state index in [-0.39, 0.29) is 6.04 Å². The van der Waals surface area contributed by atoms with Crippen LogP contribution in [-0.2, 0) is 0 Å². The molecular weight excluding hydrogens is 292 g/mol. The molecule has 0 aliphatic heterocycles. The summed E-state index contributed by atoms with van der Waals surface area (Å²) in [5.41, 5.74) is 3.02. The molecule has 5 heteroatoms. The fraction of sp³-hybridized carbons (Fsp3) is 0.308. The van der Waals surface area contributed by atoms with E-state index in [0.29, 0.717) is 5.82 Å². The van der Waals surface area contributed by atoms with Crippen LogP contribution in [0, 0.1) is 6.92 Å². The van der Waals surface area contributed by atoms with Gasteiger partial charge in [0.25, 0.3) is 0 Å². The third-order valence-corrected chi connectivity index (χ3v) is 3.31. The Morgan fingerprint density at radius 1 is 1.28 bits per heavy atom. The lowest BCUT2D eigenvalue weighted by Gasteiger charge is -2.13. The Morgan fingerprint density at radius 3 is 2.67 bits per heavy atom. The van der Waals surface area contributed by atoms with Crippen LogP contribution in [0.15, 0.2) is 29.1 Å². The van der Waals surface area contributed by atoms with Crippen molar-refractivity contribution >= 4 is 15.9 Å². The van der Waals surface area contributed by atoms with Crippen molar-refractivity contribution in [1.82, 2.24) is 20.3 Å². The summed E-state index contributed by atoms with van der Waals surface area (Å²) in [4.78, 5) is 13.1. The Labute approximate surface area is 115 Å². The first-order valence-electron chi connectivity index (χ1n) is 5.73. The van der Waals surface area contributed by atoms with Gasteiger partial charge in [0.05, 0.1) is 0 Å². The summed E-state index contributed by atoms with van der Waals surface area (Å²) in [6, 6.07) is 2.21. The predicted molar refractivity (Wildman–Crippen MR) is 75.2 cm³/mol. The summed E-state index contributed by atoms with van der Waals surface area (Å²) >= 11 is 3.40. The molecule has 1 atom stereocenters. The highest BCUT2D eigenvalue weighted by atomic mass is 79.9. The minimum Gasteiger partial charge on any atom is -0.313 e. The van der Waals surface area contributed by atoms with Crippen molar-refractivity contribution in [2.24, 2.45) is 0 Å². The Kier molecular flexibility index (Phi) is 4.04. The van der Waals surface area contributed by atoms with E-state index in [4.69, 9.17) is 0 Å². The number of pyridine rings is 1. The molecule has 0 aliphatic rings. The zero-order valence-corrected chi connectivity index (χ0v) is 12.2. The minimum absolute atomic E-state index is 0.250. The van der Waals surface area contributed by atoms with Crippen molar-refractivity contribution in [3.63, 3.8) is 0 Å². The van der Waals surface area contributed by atoms with Gasteiger partial charge in [0.1, 0.15) is 0 Å². The lowest BCUT2D eigenvalue weighted by atomic mass is 10.1. The number of aryl methyl sites for hydroxylation is 1. The van der Waals surface area contributed by atoms with Gasteiger partial charge in [-0.25, -0.2) is 9.97 Å². The molecule has 2 aromatic rings. The molecule has 0 spiro atoms. The average Bonchev–Trinajstić information content (AvgIpc) is 2.37. The maximum absolute atomic E-state index is 4.54. The number of rotatable bonds is 3. The van der Waals surface area contributed by atoms with Gasteiger partial charge in [-0.05, 0) is 42.9 Å². The molecule has 2 rings (SSSR count). The Hall–Kier alpha value is -1.33. The summed E-state index contributed by atoms with van der Waals surface area (Å²) in [5, 5.41) is 3.19. The summed E-state index contributed by atoms with van der Waals surface area (Å²) in [7, 11) is 1.93. The molecule has 18 heavy (non-hydrogen) atoms. The fourth-order valence-corrected chi connectivity index (χ4v) is 2.10. The van der Waals surface area contributed by atoms with Gasteiger partial charge in [0.2, 0.25) is 0 Å². The number of hydrogen-bond donors (Lipinski definition) is 1. The van der Waals surface area contributed by atoms with Crippen molar-refractivity contribution in [2.45, 2.75) is 19.9 Å². The number of nitrogens with one attached hydrogen (secondary N) is 1. The lowest BCUT2D eigenvalue weighted by molar-refractivity contribution is 0.641. The standard InChI is InChI=1S/C13H15BrN4/c1-8(15-3)12-7-17-13(18-9(12)2)10-4-11(14)6-16-5-10/h4-8,15H,1-3H3. The summed E-state index contributed by atoms with van der Waals surface area (Å²) in [6.07, 6.45) is 5.38. The van der Waals surface area contributed by atoms with E-state index in [2.05, 4.69) is 43.1 Å². The first-order valence-corrected chi connectivity index (χ1v) is 6.53. The van der Waals surface area contributed by atoms with Gasteiger partial charge >= 0.3 is 0 Å². The third-order valence-electron chi connectivity index (χ3n) is 2.88. The lowest BCUT2D eigenvalue weighted by Crippen LogP contribution is -2.14. The molecule has 0 amide bonds. The SMILES string of the molecule is CNC(C)c1cnc(-c2cncc(Br)c2)nc1C. The Bertz CT molecular complexity index is 556. The number of aromatic nitrogens is 3. The maximum atomic E-state index is 4.54. The molecule has 0 radical (unpaired) electrons. The van der Waals surface area contributed by atoms with Crippen LogP contribution in [0.1, 0.15) is 24.2 Å². The molecule has 2 aromatic heterocycles. The molecule has 1 unspecified atom stereocenters. The minimum atomic E-state index is 0.250. The van der Waals surface area contributed by atoms with Crippen molar-refractivity contribution < 1.29 is 0 Å². The van der Waals surface area contributed by atoms with Gasteiger partial charge in [0.15, 0.2) is 5.82 Å². The van der Waals surface area contributed by atoms with Crippen molar-refractivity contribution in [3.05, 3.63) is 40.4 Å². The second kappa shape index (κ2) is 5.54. The highest BCUT2D eigenvalue weighted by molar-refractivity contribution is 9.10. The highest BCUT2D eigenvalue weighted by Gasteiger charge is 2.10. The van der Waals surface area contributed by atoms with Gasteiger partial charge in [-0.15, -0.1) is 0 Å². The van der Waals surface area contributed by atoms with Crippen molar-refractivity contribution in [3.8, 4) is 11.4 Å². The van der Waals surface area contributed by atoms with Crippen LogP contribution in [0.3, 0.4) is 0 Å². The fourth-order valence-electron chi connectivity index (χ4n) is 1.73. The second-order valence-corrected chi connectivity index (χ2v) is 5.05. The molecule has 0 saturated carbocycles. The topological polar surface area (TPSA) is 50.7 Å². The van der Waals surface area contributed by atoms with Crippen molar-refractivity contribution in [2.75, 3.05) is 7.05 Å². The first kappa shape index (κ1) is 13.1. The highest BCUT2D eigenvalue weighted by Crippen LogP contribution is 2.21. The van der Waals surface area contributed by atoms with Crippen LogP contribution >= 0.6 is 15.9 Å². The molecule has 0 bridgehead atoms. The van der Waals surface area contributed by atoms with E-state index in [1.165, 1.54) is 0 Å². The van der Waals surface area contributed by atoms with E-state index >= 15 is 0 Å². The van der Waals surface area contributed by atoms with E-state index in [0.717, 1.165) is 21.3 Å². The average molecular weight is 307 g/mol. The summed E-state index contributed by atoms with van der Waals surface area (Å²) in [6.45, 7) is 4.09. The number of halogens is 1. The maximum Gasteiger partial charge on any atom is 0.160 e. The van der Waals surface area contributed by atoms with E-state index in [9.17, 15) is 0 Å². The molecule has 1 N–H and O–H groups in total. The molecule has 4 nitrogen and oxygen atoms in total. The smallest absolute Gasteiger partial charge is 0.160 e. The van der Waals surface area contributed by atoms with E-state index in [1.807, 2.05) is 26.2 Å². The zero-order chi connectivity index (χ0) is 13.1. The van der Waals surface area contributed by atoms with Crippen LogP contribution in [0.5, 0.6) is 0 Å². The Morgan fingerprint density at radius 2 is 2.06 bits per heavy atom. The van der Waals surface area contributed by atoms with Crippen LogP contribution in [-0.4, -0.2) is 22.0 Å². The second-order valence-electron chi connectivity index (χ2n) is 4.14. The van der Waals surface area contributed by atoms with Crippen LogP contribution in [0.25, 0.3) is 11.4 Å². The first-order chi connectivity index (χ1) is 8.61. The molecule has 2 heterocycles. The van der Waals surface area contributed by atoms with Gasteiger partial charge < -0.3 is 5.32 Å². The normalized spacial score (nSPS) is 12.4. The van der Waals surface area contributed by atoms with E-state index in [1.54, 1.807) is 12.4 Å². The van der Waals surface area contributed by atoms with Crippen LogP contribution in [0.4, 0.5) is 0 Å². The van der Waals surface area contributed by atoms with Gasteiger partial charge in [0, 0.05) is 45.9 Å².